The maximum atomic E-state index is 12.9. The maximum Gasteiger partial charge on any atom is 0.327 e. The average Bonchev–Trinajstić information content (AvgIpc) is 3.93. The van der Waals surface area contributed by atoms with Gasteiger partial charge in [0.2, 0.25) is 19.1 Å². The minimum absolute atomic E-state index is 0. The predicted molar refractivity (Wildman–Crippen MR) is 208 cm³/mol. The number of imidazole rings is 2. The number of aliphatic carboxylic acids is 2. The van der Waals surface area contributed by atoms with Crippen molar-refractivity contribution in [3.8, 4) is 0 Å². The van der Waals surface area contributed by atoms with Gasteiger partial charge in [0.1, 0.15) is 35.9 Å². The van der Waals surface area contributed by atoms with Crippen LogP contribution in [-0.2, 0) is 37.6 Å². The molecule has 4 heterocycles. The molecule has 2 aliphatic rings. The van der Waals surface area contributed by atoms with E-state index in [0.29, 0.717) is 44.4 Å². The first-order chi connectivity index (χ1) is 28.4. The molecule has 0 saturated heterocycles. The van der Waals surface area contributed by atoms with E-state index in [-0.39, 0.29) is 18.3 Å². The van der Waals surface area contributed by atoms with Crippen molar-refractivity contribution < 1.29 is 76.7 Å². The molecule has 8 N–H and O–H groups in total. The number of carboxylic acid groups (broad SMARTS) is 2. The van der Waals surface area contributed by atoms with E-state index in [1.807, 2.05) is 24.3 Å². The zero-order valence-corrected chi connectivity index (χ0v) is 32.8. The molecule has 318 valence electrons. The van der Waals surface area contributed by atoms with Gasteiger partial charge in [0.05, 0.1) is 0 Å². The first kappa shape index (κ1) is 46.0. The second-order valence-corrected chi connectivity index (χ2v) is 14.0. The number of carbonyl (C=O) groups is 7. The summed E-state index contributed by atoms with van der Waals surface area (Å²) in [5, 5.41) is 22.0. The Bertz CT molecular complexity index is 2450. The van der Waals surface area contributed by atoms with Crippen LogP contribution in [0.25, 0.3) is 21.5 Å². The van der Waals surface area contributed by atoms with Crippen LogP contribution in [0.1, 0.15) is 52.8 Å². The number of imide groups is 2. The van der Waals surface area contributed by atoms with E-state index in [2.05, 4.69) is 19.9 Å². The van der Waals surface area contributed by atoms with Crippen molar-refractivity contribution in [1.29, 1.82) is 0 Å². The normalized spacial score (nSPS) is 13.6. The van der Waals surface area contributed by atoms with Crippen LogP contribution in [0, 0.1) is 0 Å². The fourth-order valence-electron chi connectivity index (χ4n) is 6.53. The molecule has 5 amide bonds. The molecule has 0 radical (unpaired) electrons. The lowest BCUT2D eigenvalue weighted by atomic mass is 9.92. The summed E-state index contributed by atoms with van der Waals surface area (Å²) in [4.78, 5) is 99.1. The van der Waals surface area contributed by atoms with Gasteiger partial charge in [0, 0.05) is 70.4 Å². The van der Waals surface area contributed by atoms with Crippen molar-refractivity contribution in [2.75, 3.05) is 14.1 Å². The molecular weight excluding hydrogens is 823 g/mol. The van der Waals surface area contributed by atoms with Crippen molar-refractivity contribution >= 4 is 73.9 Å². The van der Waals surface area contributed by atoms with Crippen LogP contribution in [0.5, 0.6) is 0 Å². The smallest absolute Gasteiger partial charge is 0.327 e. The molecule has 6 aromatic rings. The SMILES string of the molecule is CN(C)C=O.O.O=C(O)[C@H](Cc1c[nH+]c[nH]1)N1C(=O)c2cccc3cccc(c23)C1=O.O=C(O)[C@H](Cc1c[nH+]c[nH]1)N1C(=O)c2cccc3cccc(c23)C1=O.O=S(=O)([O-])[O-]. The van der Waals surface area contributed by atoms with Crippen molar-refractivity contribution in [3.63, 3.8) is 0 Å². The zero-order valence-electron chi connectivity index (χ0n) is 32.0. The third kappa shape index (κ3) is 10.5. The number of hydrogen-bond donors (Lipinski definition) is 4. The monoisotopic (exact) mass is 859 g/mol. The third-order valence-corrected chi connectivity index (χ3v) is 9.03. The Morgan fingerprint density at radius 3 is 1.16 bits per heavy atom. The van der Waals surface area contributed by atoms with E-state index in [4.69, 9.17) is 17.5 Å². The number of rotatable bonds is 9. The summed E-state index contributed by atoms with van der Waals surface area (Å²) >= 11 is 0. The fraction of sp³-hybridized carbons (Fsp3) is 0.154. The number of H-pyrrole nitrogens is 4. The number of hydrogen-bond acceptors (Lipinski definition) is 11. The third-order valence-electron chi connectivity index (χ3n) is 9.03. The fourth-order valence-corrected chi connectivity index (χ4v) is 6.53. The molecule has 22 heteroatoms. The Kier molecular flexibility index (Phi) is 14.6. The number of carbonyl (C=O) groups excluding carboxylic acids is 5. The number of aromatic nitrogens is 4. The Balaban J connectivity index is 0.000000217. The van der Waals surface area contributed by atoms with Gasteiger partial charge in [-0.3, -0.25) is 52.2 Å². The van der Waals surface area contributed by atoms with Gasteiger partial charge in [-0.1, -0.05) is 48.5 Å². The van der Waals surface area contributed by atoms with E-state index in [1.165, 1.54) is 4.90 Å². The highest BCUT2D eigenvalue weighted by atomic mass is 32.3. The summed E-state index contributed by atoms with van der Waals surface area (Å²) in [6.45, 7) is 0. The van der Waals surface area contributed by atoms with E-state index in [9.17, 15) is 43.8 Å². The van der Waals surface area contributed by atoms with Gasteiger partial charge < -0.3 is 29.7 Å². The van der Waals surface area contributed by atoms with Crippen molar-refractivity contribution in [1.82, 2.24) is 24.7 Å². The second-order valence-electron chi connectivity index (χ2n) is 13.2. The van der Waals surface area contributed by atoms with Crippen LogP contribution in [0.4, 0.5) is 0 Å². The highest BCUT2D eigenvalue weighted by Crippen LogP contribution is 2.33. The van der Waals surface area contributed by atoms with Crippen molar-refractivity contribution in [2.45, 2.75) is 24.9 Å². The van der Waals surface area contributed by atoms with E-state index in [0.717, 1.165) is 27.0 Å². The summed E-state index contributed by atoms with van der Waals surface area (Å²) < 4.78 is 34.1. The Morgan fingerprint density at radius 1 is 0.672 bits per heavy atom. The summed E-state index contributed by atoms with van der Waals surface area (Å²) in [6.07, 6.45) is 7.03. The van der Waals surface area contributed by atoms with Crippen LogP contribution in [0.2, 0.25) is 0 Å². The second kappa shape index (κ2) is 19.4. The van der Waals surface area contributed by atoms with Gasteiger partial charge in [-0.25, -0.2) is 19.6 Å². The minimum Gasteiger partial charge on any atom is -0.759 e. The number of amides is 5. The molecule has 0 saturated carbocycles. The van der Waals surface area contributed by atoms with Crippen LogP contribution >= 0.6 is 0 Å². The minimum atomic E-state index is -5.17. The van der Waals surface area contributed by atoms with Gasteiger partial charge in [-0.2, -0.15) is 0 Å². The Morgan fingerprint density at radius 2 is 0.951 bits per heavy atom. The molecule has 4 aromatic carbocycles. The Labute approximate surface area is 345 Å². The van der Waals surface area contributed by atoms with Crippen molar-refractivity contribution in [2.24, 2.45) is 0 Å². The summed E-state index contributed by atoms with van der Waals surface area (Å²) in [6, 6.07) is 18.1. The van der Waals surface area contributed by atoms with Gasteiger partial charge in [0.25, 0.3) is 23.6 Å². The lowest BCUT2D eigenvalue weighted by Crippen LogP contribution is -2.51. The molecule has 2 aromatic heterocycles. The summed E-state index contributed by atoms with van der Waals surface area (Å²) in [7, 11) is -1.79. The number of benzene rings is 4. The summed E-state index contributed by atoms with van der Waals surface area (Å²) in [5.41, 5.74) is 2.55. The Hall–Kier alpha value is -7.66. The highest BCUT2D eigenvalue weighted by Gasteiger charge is 2.42. The van der Waals surface area contributed by atoms with Gasteiger partial charge in [-0.15, -0.1) is 0 Å². The molecule has 0 aliphatic carbocycles. The molecule has 21 nitrogen and oxygen atoms in total. The summed E-state index contributed by atoms with van der Waals surface area (Å²) in [5.74, 6) is -4.81. The molecule has 0 spiro atoms. The average molecular weight is 860 g/mol. The number of carboxylic acids is 2. The number of nitrogens with zero attached hydrogens (tertiary/aromatic N) is 3. The largest absolute Gasteiger partial charge is 0.759 e. The van der Waals surface area contributed by atoms with Gasteiger partial charge in [0.15, 0.2) is 0 Å². The molecule has 2 atom stereocenters. The van der Waals surface area contributed by atoms with E-state index < -0.39 is 58.1 Å². The van der Waals surface area contributed by atoms with E-state index >= 15 is 0 Å². The molecule has 0 fully saturated rings. The molecule has 0 unspecified atom stereocenters. The van der Waals surface area contributed by atoms with Crippen molar-refractivity contribution in [3.05, 3.63) is 131 Å². The van der Waals surface area contributed by atoms with Crippen LogP contribution in [0.3, 0.4) is 0 Å². The number of aromatic amines is 4. The topological polar surface area (TPSA) is 341 Å². The number of nitrogens with one attached hydrogen (secondary N) is 4. The van der Waals surface area contributed by atoms with Gasteiger partial charge in [-0.05, 0) is 35.0 Å². The van der Waals surface area contributed by atoms with Crippen LogP contribution in [0.15, 0.2) is 97.8 Å². The molecule has 0 bridgehead atoms. The predicted octanol–water partition coefficient (Wildman–Crippen LogP) is 0.0895. The first-order valence-electron chi connectivity index (χ1n) is 17.5. The molecule has 2 aliphatic heterocycles. The highest BCUT2D eigenvalue weighted by molar-refractivity contribution is 7.79. The lowest BCUT2D eigenvalue weighted by Gasteiger charge is -2.31. The molecular formula is C39H37N7O14S. The zero-order chi connectivity index (χ0) is 43.9. The molecule has 61 heavy (non-hydrogen) atoms. The lowest BCUT2D eigenvalue weighted by molar-refractivity contribution is -0.376. The van der Waals surface area contributed by atoms with Gasteiger partial charge >= 0.3 is 11.9 Å². The van der Waals surface area contributed by atoms with Crippen LogP contribution < -0.4 is 9.97 Å². The van der Waals surface area contributed by atoms with E-state index in [1.54, 1.807) is 87.7 Å². The first-order valence-corrected chi connectivity index (χ1v) is 18.9. The van der Waals surface area contributed by atoms with Crippen LogP contribution in [-0.4, -0.2) is 126 Å². The standard InChI is InChI=1S/2C18H13N3O4.C3H7NO.H2O4S.H2O/c2*22-16-12-5-1-3-10-4-2-6-13(15(10)12)17(23)21(16)14(18(24)25)7-11-8-19-9-20-11;1-4(2)3-5;1-5(2,3)4;/h2*1-6,8-9,14H,7H2,(H,19,20)(H,24,25);3H,1-2H3;(H2,1,2,3,4);1H2/t2*14-;;;/m00.../s1. The maximum absolute atomic E-state index is 12.9. The molecule has 8 rings (SSSR count). The quantitative estimate of drug-likeness (QED) is 0.0649.